The maximum atomic E-state index is 10.5. The second-order valence-corrected chi connectivity index (χ2v) is 5.29. The Morgan fingerprint density at radius 1 is 1.00 bits per heavy atom. The van der Waals surface area contributed by atoms with Gasteiger partial charge in [0.2, 0.25) is 0 Å². The van der Waals surface area contributed by atoms with Crippen molar-refractivity contribution in [2.24, 2.45) is 0 Å². The van der Waals surface area contributed by atoms with Gasteiger partial charge in [-0.25, -0.2) is 4.31 Å². The van der Waals surface area contributed by atoms with Crippen molar-refractivity contribution < 1.29 is 4.79 Å². The summed E-state index contributed by atoms with van der Waals surface area (Å²) in [6.45, 7) is 2.36. The molecule has 0 atom stereocenters. The van der Waals surface area contributed by atoms with Crippen molar-refractivity contribution in [1.29, 1.82) is 0 Å². The third-order valence-corrected chi connectivity index (χ3v) is 3.92. The van der Waals surface area contributed by atoms with Crippen LogP contribution in [0.3, 0.4) is 0 Å². The number of carbonyl (C=O) groups is 1. The van der Waals surface area contributed by atoms with Crippen LogP contribution in [0.2, 0.25) is 0 Å². The van der Waals surface area contributed by atoms with Crippen LogP contribution in [0.1, 0.15) is 36.0 Å². The first kappa shape index (κ1) is 11.7. The van der Waals surface area contributed by atoms with Crippen LogP contribution in [-0.2, 0) is 0 Å². The summed E-state index contributed by atoms with van der Waals surface area (Å²) in [5.41, 5.74) is 0.750. The molecule has 1 aromatic carbocycles. The molecule has 0 N–H and O–H groups in total. The summed E-state index contributed by atoms with van der Waals surface area (Å²) in [6, 6.07) is 7.82. The zero-order valence-corrected chi connectivity index (χ0v) is 10.2. The average molecular weight is 235 g/mol. The van der Waals surface area contributed by atoms with E-state index < -0.39 is 0 Å². The van der Waals surface area contributed by atoms with Crippen LogP contribution in [0, 0.1) is 0 Å². The van der Waals surface area contributed by atoms with Gasteiger partial charge in [-0.2, -0.15) is 0 Å². The zero-order chi connectivity index (χ0) is 11.2. The van der Waals surface area contributed by atoms with Gasteiger partial charge in [0, 0.05) is 23.5 Å². The van der Waals surface area contributed by atoms with Gasteiger partial charge in [0.15, 0.2) is 0 Å². The van der Waals surface area contributed by atoms with E-state index >= 15 is 0 Å². The van der Waals surface area contributed by atoms with E-state index in [-0.39, 0.29) is 0 Å². The third kappa shape index (κ3) is 3.35. The summed E-state index contributed by atoms with van der Waals surface area (Å²) in [4.78, 5) is 11.8. The molecule has 0 aliphatic carbocycles. The molecule has 1 saturated heterocycles. The lowest BCUT2D eigenvalue weighted by atomic mass is 10.2. The number of hydrogen-bond donors (Lipinski definition) is 0. The molecular weight excluding hydrogens is 218 g/mol. The van der Waals surface area contributed by atoms with Crippen molar-refractivity contribution in [3.05, 3.63) is 29.8 Å². The highest BCUT2D eigenvalue weighted by molar-refractivity contribution is 7.97. The smallest absolute Gasteiger partial charge is 0.150 e. The Labute approximate surface area is 101 Å². The highest BCUT2D eigenvalue weighted by Gasteiger charge is 2.09. The van der Waals surface area contributed by atoms with Gasteiger partial charge in [-0.15, -0.1) is 0 Å². The largest absolute Gasteiger partial charge is 0.298 e. The molecule has 86 valence electrons. The SMILES string of the molecule is O=Cc1ccc(SN2CCCCCC2)cc1. The lowest BCUT2D eigenvalue weighted by Gasteiger charge is -2.18. The van der Waals surface area contributed by atoms with Crippen LogP contribution in [0.25, 0.3) is 0 Å². The summed E-state index contributed by atoms with van der Waals surface area (Å²) in [7, 11) is 0. The van der Waals surface area contributed by atoms with Crippen molar-refractivity contribution in [3.63, 3.8) is 0 Å². The minimum Gasteiger partial charge on any atom is -0.298 e. The number of benzene rings is 1. The van der Waals surface area contributed by atoms with Crippen LogP contribution < -0.4 is 0 Å². The molecule has 0 bridgehead atoms. The van der Waals surface area contributed by atoms with Gasteiger partial charge in [-0.3, -0.25) is 4.79 Å². The van der Waals surface area contributed by atoms with Crippen molar-refractivity contribution in [3.8, 4) is 0 Å². The summed E-state index contributed by atoms with van der Waals surface area (Å²) >= 11 is 1.81. The monoisotopic (exact) mass is 235 g/mol. The molecule has 0 aromatic heterocycles. The number of hydrogen-bond acceptors (Lipinski definition) is 3. The number of aldehydes is 1. The van der Waals surface area contributed by atoms with E-state index in [0.717, 1.165) is 11.8 Å². The average Bonchev–Trinajstić information content (AvgIpc) is 2.59. The summed E-state index contributed by atoms with van der Waals surface area (Å²) in [5.74, 6) is 0. The molecule has 1 aromatic rings. The maximum Gasteiger partial charge on any atom is 0.150 e. The Morgan fingerprint density at radius 3 is 2.19 bits per heavy atom. The van der Waals surface area contributed by atoms with Crippen LogP contribution in [0.5, 0.6) is 0 Å². The van der Waals surface area contributed by atoms with E-state index in [1.54, 1.807) is 0 Å². The molecule has 0 radical (unpaired) electrons. The summed E-state index contributed by atoms with van der Waals surface area (Å²) < 4.78 is 2.43. The van der Waals surface area contributed by atoms with Crippen molar-refractivity contribution >= 4 is 18.2 Å². The van der Waals surface area contributed by atoms with E-state index in [4.69, 9.17) is 0 Å². The maximum absolute atomic E-state index is 10.5. The first-order valence-corrected chi connectivity index (χ1v) is 6.64. The molecule has 16 heavy (non-hydrogen) atoms. The fourth-order valence-electron chi connectivity index (χ4n) is 1.89. The highest BCUT2D eigenvalue weighted by atomic mass is 32.2. The van der Waals surface area contributed by atoms with Crippen LogP contribution >= 0.6 is 11.9 Å². The van der Waals surface area contributed by atoms with Gasteiger partial charge in [0.1, 0.15) is 6.29 Å². The molecule has 0 unspecified atom stereocenters. The predicted octanol–water partition coefficient (Wildman–Crippen LogP) is 3.38. The quantitative estimate of drug-likeness (QED) is 0.591. The molecule has 1 heterocycles. The second kappa shape index (κ2) is 6.06. The predicted molar refractivity (Wildman–Crippen MR) is 67.7 cm³/mol. The van der Waals surface area contributed by atoms with Gasteiger partial charge in [0.25, 0.3) is 0 Å². The Bertz CT molecular complexity index is 328. The van der Waals surface area contributed by atoms with E-state index in [0.29, 0.717) is 0 Å². The minimum absolute atomic E-state index is 0.750. The van der Waals surface area contributed by atoms with Crippen molar-refractivity contribution in [2.75, 3.05) is 13.1 Å². The lowest BCUT2D eigenvalue weighted by Crippen LogP contribution is -2.15. The van der Waals surface area contributed by atoms with Gasteiger partial charge >= 0.3 is 0 Å². The number of nitrogens with zero attached hydrogens (tertiary/aromatic N) is 1. The summed E-state index contributed by atoms with van der Waals surface area (Å²) in [6.07, 6.45) is 6.22. The fourth-order valence-corrected chi connectivity index (χ4v) is 2.89. The van der Waals surface area contributed by atoms with Crippen LogP contribution in [-0.4, -0.2) is 23.7 Å². The van der Waals surface area contributed by atoms with E-state index in [1.807, 2.05) is 36.2 Å². The molecule has 3 heteroatoms. The van der Waals surface area contributed by atoms with Crippen molar-refractivity contribution in [1.82, 2.24) is 4.31 Å². The molecule has 0 amide bonds. The Balaban J connectivity index is 1.93. The molecule has 0 saturated carbocycles. The van der Waals surface area contributed by atoms with Crippen LogP contribution in [0.15, 0.2) is 29.2 Å². The highest BCUT2D eigenvalue weighted by Crippen LogP contribution is 2.25. The van der Waals surface area contributed by atoms with E-state index in [1.165, 1.54) is 43.7 Å². The number of rotatable bonds is 3. The van der Waals surface area contributed by atoms with Crippen LogP contribution in [0.4, 0.5) is 0 Å². The molecule has 0 spiro atoms. The molecule has 1 aliphatic rings. The topological polar surface area (TPSA) is 20.3 Å². The normalized spacial score (nSPS) is 18.0. The molecule has 1 aliphatic heterocycles. The van der Waals surface area contributed by atoms with Gasteiger partial charge < -0.3 is 0 Å². The lowest BCUT2D eigenvalue weighted by molar-refractivity contribution is 0.112. The third-order valence-electron chi connectivity index (χ3n) is 2.82. The zero-order valence-electron chi connectivity index (χ0n) is 9.39. The molecule has 1 fully saturated rings. The van der Waals surface area contributed by atoms with Crippen molar-refractivity contribution in [2.45, 2.75) is 30.6 Å². The van der Waals surface area contributed by atoms with Gasteiger partial charge in [-0.1, -0.05) is 25.0 Å². The first-order valence-electron chi connectivity index (χ1n) is 5.86. The summed E-state index contributed by atoms with van der Waals surface area (Å²) in [5, 5.41) is 0. The molecule has 2 nitrogen and oxygen atoms in total. The van der Waals surface area contributed by atoms with E-state index in [9.17, 15) is 4.79 Å². The minimum atomic E-state index is 0.750. The standard InChI is InChI=1S/C13H17NOS/c15-11-12-5-7-13(8-6-12)16-14-9-3-1-2-4-10-14/h5-8,11H,1-4,9-10H2. The molecule has 2 rings (SSSR count). The van der Waals surface area contributed by atoms with Gasteiger partial charge in [-0.05, 0) is 36.9 Å². The first-order chi connectivity index (χ1) is 7.88. The number of carbonyl (C=O) groups excluding carboxylic acids is 1. The Kier molecular flexibility index (Phi) is 4.43. The van der Waals surface area contributed by atoms with Gasteiger partial charge in [0.05, 0.1) is 0 Å². The Hall–Kier alpha value is -0.800. The molecular formula is C13H17NOS. The second-order valence-electron chi connectivity index (χ2n) is 4.12. The van der Waals surface area contributed by atoms with E-state index in [2.05, 4.69) is 4.31 Å². The fraction of sp³-hybridized carbons (Fsp3) is 0.462. The Morgan fingerprint density at radius 2 is 1.62 bits per heavy atom.